The van der Waals surface area contributed by atoms with Gasteiger partial charge in [-0.15, -0.1) is 5.10 Å². The van der Waals surface area contributed by atoms with Gasteiger partial charge in [-0.25, -0.2) is 4.68 Å². The molecule has 0 saturated carbocycles. The Bertz CT molecular complexity index is 530. The number of morpholine rings is 1. The van der Waals surface area contributed by atoms with Gasteiger partial charge in [0.15, 0.2) is 5.82 Å². The van der Waals surface area contributed by atoms with Gasteiger partial charge in [0.2, 0.25) is 11.8 Å². The number of hydrogen-bond donors (Lipinski definition) is 2. The fourth-order valence-electron chi connectivity index (χ4n) is 2.07. The smallest absolute Gasteiger partial charge is 0.244 e. The van der Waals surface area contributed by atoms with E-state index in [9.17, 15) is 14.7 Å². The summed E-state index contributed by atoms with van der Waals surface area (Å²) < 4.78 is 6.60. The number of amides is 2. The number of aromatic nitrogens is 3. The van der Waals surface area contributed by atoms with Crippen LogP contribution >= 0.6 is 0 Å². The Morgan fingerprint density at radius 3 is 3.00 bits per heavy atom. The SMILES string of the molecule is CC(C)C(=O)Nc1cn(CC(=O)N2CCOCC2CO)nn1. The lowest BCUT2D eigenvalue weighted by Gasteiger charge is -2.34. The molecule has 1 saturated heterocycles. The highest BCUT2D eigenvalue weighted by molar-refractivity contribution is 5.90. The van der Waals surface area contributed by atoms with E-state index < -0.39 is 0 Å². The largest absolute Gasteiger partial charge is 0.394 e. The number of aliphatic hydroxyl groups excluding tert-OH is 1. The molecule has 0 aliphatic carbocycles. The lowest BCUT2D eigenvalue weighted by Crippen LogP contribution is -2.51. The molecule has 1 fully saturated rings. The summed E-state index contributed by atoms with van der Waals surface area (Å²) in [7, 11) is 0. The zero-order chi connectivity index (χ0) is 16.1. The van der Waals surface area contributed by atoms with E-state index in [1.54, 1.807) is 18.7 Å². The highest BCUT2D eigenvalue weighted by Gasteiger charge is 2.27. The molecule has 0 radical (unpaired) electrons. The van der Waals surface area contributed by atoms with Gasteiger partial charge in [-0.1, -0.05) is 19.1 Å². The van der Waals surface area contributed by atoms with Crippen molar-refractivity contribution < 1.29 is 19.4 Å². The third-order valence-electron chi connectivity index (χ3n) is 3.37. The van der Waals surface area contributed by atoms with Crippen LogP contribution in [0.1, 0.15) is 13.8 Å². The lowest BCUT2D eigenvalue weighted by molar-refractivity contribution is -0.142. The van der Waals surface area contributed by atoms with Crippen LogP contribution < -0.4 is 5.32 Å². The van der Waals surface area contributed by atoms with Crippen LogP contribution in [0.15, 0.2) is 6.20 Å². The Morgan fingerprint density at radius 2 is 2.32 bits per heavy atom. The molecule has 2 heterocycles. The van der Waals surface area contributed by atoms with Gasteiger partial charge in [0.1, 0.15) is 6.54 Å². The summed E-state index contributed by atoms with van der Waals surface area (Å²) in [6.45, 7) is 4.63. The minimum Gasteiger partial charge on any atom is -0.394 e. The van der Waals surface area contributed by atoms with Crippen molar-refractivity contribution in [2.24, 2.45) is 5.92 Å². The maximum Gasteiger partial charge on any atom is 0.244 e. The Balaban J connectivity index is 1.94. The monoisotopic (exact) mass is 311 g/mol. The van der Waals surface area contributed by atoms with Gasteiger partial charge in [-0.3, -0.25) is 9.59 Å². The summed E-state index contributed by atoms with van der Waals surface area (Å²) in [5.74, 6) is -0.182. The van der Waals surface area contributed by atoms with Crippen molar-refractivity contribution >= 4 is 17.6 Å². The fourth-order valence-corrected chi connectivity index (χ4v) is 2.07. The predicted molar refractivity (Wildman–Crippen MR) is 76.9 cm³/mol. The molecular formula is C13H21N5O4. The van der Waals surface area contributed by atoms with Crippen LogP contribution in [-0.2, 0) is 20.9 Å². The number of hydrogen-bond acceptors (Lipinski definition) is 6. The van der Waals surface area contributed by atoms with E-state index in [0.717, 1.165) is 0 Å². The normalized spacial score (nSPS) is 18.5. The van der Waals surface area contributed by atoms with Crippen LogP contribution in [0.25, 0.3) is 0 Å². The van der Waals surface area contributed by atoms with Crippen molar-refractivity contribution in [1.82, 2.24) is 19.9 Å². The number of carbonyl (C=O) groups excluding carboxylic acids is 2. The highest BCUT2D eigenvalue weighted by Crippen LogP contribution is 2.09. The zero-order valence-corrected chi connectivity index (χ0v) is 12.7. The van der Waals surface area contributed by atoms with Gasteiger partial charge in [0.25, 0.3) is 0 Å². The van der Waals surface area contributed by atoms with E-state index in [0.29, 0.717) is 25.6 Å². The molecular weight excluding hydrogens is 290 g/mol. The van der Waals surface area contributed by atoms with Crippen LogP contribution in [-0.4, -0.2) is 69.2 Å². The molecule has 0 bridgehead atoms. The molecule has 2 rings (SSSR count). The molecule has 1 aromatic heterocycles. The lowest BCUT2D eigenvalue weighted by atomic mass is 10.2. The molecule has 0 spiro atoms. The topological polar surface area (TPSA) is 110 Å². The van der Waals surface area contributed by atoms with Crippen molar-refractivity contribution in [3.63, 3.8) is 0 Å². The highest BCUT2D eigenvalue weighted by atomic mass is 16.5. The average molecular weight is 311 g/mol. The second-order valence-electron chi connectivity index (χ2n) is 5.44. The summed E-state index contributed by atoms with van der Waals surface area (Å²) >= 11 is 0. The first-order valence-corrected chi connectivity index (χ1v) is 7.20. The molecule has 122 valence electrons. The van der Waals surface area contributed by atoms with E-state index in [1.165, 1.54) is 10.9 Å². The predicted octanol–water partition coefficient (Wildman–Crippen LogP) is -0.908. The van der Waals surface area contributed by atoms with Gasteiger partial charge in [0, 0.05) is 12.5 Å². The van der Waals surface area contributed by atoms with Crippen molar-refractivity contribution in [3.8, 4) is 0 Å². The molecule has 9 heteroatoms. The fraction of sp³-hybridized carbons (Fsp3) is 0.692. The van der Waals surface area contributed by atoms with Gasteiger partial charge >= 0.3 is 0 Å². The first-order valence-electron chi connectivity index (χ1n) is 7.20. The van der Waals surface area contributed by atoms with Gasteiger partial charge < -0.3 is 20.1 Å². The molecule has 22 heavy (non-hydrogen) atoms. The summed E-state index contributed by atoms with van der Waals surface area (Å²) in [6, 6.07) is -0.329. The van der Waals surface area contributed by atoms with E-state index in [4.69, 9.17) is 4.74 Å². The van der Waals surface area contributed by atoms with Crippen LogP contribution in [0.5, 0.6) is 0 Å². The summed E-state index contributed by atoms with van der Waals surface area (Å²) in [6.07, 6.45) is 1.51. The van der Waals surface area contributed by atoms with E-state index in [-0.39, 0.29) is 36.9 Å². The van der Waals surface area contributed by atoms with Gasteiger partial charge in [-0.05, 0) is 0 Å². The van der Waals surface area contributed by atoms with E-state index in [1.807, 2.05) is 0 Å². The van der Waals surface area contributed by atoms with Gasteiger partial charge in [0.05, 0.1) is 32.1 Å². The second kappa shape index (κ2) is 7.32. The van der Waals surface area contributed by atoms with Crippen LogP contribution in [0.2, 0.25) is 0 Å². The summed E-state index contributed by atoms with van der Waals surface area (Å²) in [5, 5.41) is 19.5. The molecule has 1 atom stereocenters. The Kier molecular flexibility index (Phi) is 5.45. The number of aliphatic hydroxyl groups is 1. The minimum atomic E-state index is -0.329. The quantitative estimate of drug-likeness (QED) is 0.729. The number of carbonyl (C=O) groups is 2. The van der Waals surface area contributed by atoms with Crippen molar-refractivity contribution in [2.75, 3.05) is 31.7 Å². The third-order valence-corrected chi connectivity index (χ3v) is 3.37. The maximum absolute atomic E-state index is 12.3. The third kappa shape index (κ3) is 4.01. The average Bonchev–Trinajstić information content (AvgIpc) is 2.94. The number of anilines is 1. The van der Waals surface area contributed by atoms with Gasteiger partial charge in [-0.2, -0.15) is 0 Å². The molecule has 1 aromatic rings. The number of nitrogens with zero attached hydrogens (tertiary/aromatic N) is 4. The first-order chi connectivity index (χ1) is 10.5. The number of nitrogens with one attached hydrogen (secondary N) is 1. The first kappa shape index (κ1) is 16.4. The number of ether oxygens (including phenoxy) is 1. The van der Waals surface area contributed by atoms with Crippen molar-refractivity contribution in [1.29, 1.82) is 0 Å². The van der Waals surface area contributed by atoms with E-state index in [2.05, 4.69) is 15.6 Å². The van der Waals surface area contributed by atoms with Crippen LogP contribution in [0, 0.1) is 5.92 Å². The zero-order valence-electron chi connectivity index (χ0n) is 12.7. The molecule has 1 aliphatic heterocycles. The molecule has 2 N–H and O–H groups in total. The van der Waals surface area contributed by atoms with Crippen molar-refractivity contribution in [2.45, 2.75) is 26.4 Å². The van der Waals surface area contributed by atoms with Crippen LogP contribution in [0.4, 0.5) is 5.82 Å². The summed E-state index contributed by atoms with van der Waals surface area (Å²) in [4.78, 5) is 25.4. The standard InChI is InChI=1S/C13H21N5O4/c1-9(2)13(21)14-11-5-17(16-15-11)6-12(20)18-3-4-22-8-10(18)7-19/h5,9-10,19H,3-4,6-8H2,1-2H3,(H,14,21). The van der Waals surface area contributed by atoms with Crippen LogP contribution in [0.3, 0.4) is 0 Å². The summed E-state index contributed by atoms with van der Waals surface area (Å²) in [5.41, 5.74) is 0. The molecule has 1 unspecified atom stereocenters. The minimum absolute atomic E-state index is 0.00104. The Hall–Kier alpha value is -2.00. The van der Waals surface area contributed by atoms with Crippen molar-refractivity contribution in [3.05, 3.63) is 6.20 Å². The second-order valence-corrected chi connectivity index (χ2v) is 5.44. The molecule has 1 aliphatic rings. The molecule has 0 aromatic carbocycles. The molecule has 2 amide bonds. The Morgan fingerprint density at radius 1 is 1.55 bits per heavy atom. The Labute approximate surface area is 128 Å². The van der Waals surface area contributed by atoms with E-state index >= 15 is 0 Å². The molecule has 9 nitrogen and oxygen atoms in total. The number of rotatable bonds is 5. The maximum atomic E-state index is 12.3.